The third-order valence-corrected chi connectivity index (χ3v) is 3.76. The van der Waals surface area contributed by atoms with Crippen molar-refractivity contribution in [3.8, 4) is 0 Å². The van der Waals surface area contributed by atoms with Crippen LogP contribution in [0.5, 0.6) is 0 Å². The van der Waals surface area contributed by atoms with Crippen LogP contribution >= 0.6 is 0 Å². The Morgan fingerprint density at radius 3 is 3.00 bits per heavy atom. The number of carbonyl (C=O) groups excluding carboxylic acids is 1. The first kappa shape index (κ1) is 13.8. The molecule has 0 aliphatic carbocycles. The number of hydrogen-bond acceptors (Lipinski definition) is 3. The van der Waals surface area contributed by atoms with E-state index in [-0.39, 0.29) is 5.91 Å². The molecule has 1 aliphatic rings. The van der Waals surface area contributed by atoms with Crippen molar-refractivity contribution < 1.29 is 4.79 Å². The second-order valence-electron chi connectivity index (χ2n) is 5.44. The molecule has 1 N–H and O–H groups in total. The molecule has 2 heterocycles. The van der Waals surface area contributed by atoms with Gasteiger partial charge in [-0.05, 0) is 44.7 Å². The van der Waals surface area contributed by atoms with E-state index in [0.29, 0.717) is 17.7 Å². The molecule has 1 amide bonds. The number of aromatic nitrogens is 1. The number of carbonyl (C=O) groups is 1. The molecule has 19 heavy (non-hydrogen) atoms. The van der Waals surface area contributed by atoms with Gasteiger partial charge >= 0.3 is 0 Å². The van der Waals surface area contributed by atoms with Gasteiger partial charge in [0.2, 0.25) is 0 Å². The lowest BCUT2D eigenvalue weighted by Crippen LogP contribution is -2.44. The summed E-state index contributed by atoms with van der Waals surface area (Å²) < 4.78 is 0. The second kappa shape index (κ2) is 6.04. The maximum Gasteiger partial charge on any atom is 0.272 e. The van der Waals surface area contributed by atoms with Crippen molar-refractivity contribution in [1.82, 2.24) is 9.88 Å². The normalized spacial score (nSPS) is 23.2. The minimum absolute atomic E-state index is 0.0548. The summed E-state index contributed by atoms with van der Waals surface area (Å²) in [7, 11) is 0. The summed E-state index contributed by atoms with van der Waals surface area (Å²) in [5.41, 5.74) is 1.50. The average molecular weight is 261 g/mol. The largest absolute Gasteiger partial charge is 0.385 e. The van der Waals surface area contributed by atoms with E-state index in [9.17, 15) is 4.79 Å². The van der Waals surface area contributed by atoms with Crippen molar-refractivity contribution in [2.75, 3.05) is 18.4 Å². The Kier molecular flexibility index (Phi) is 4.40. The van der Waals surface area contributed by atoms with Gasteiger partial charge in [0.25, 0.3) is 5.91 Å². The summed E-state index contributed by atoms with van der Waals surface area (Å²) in [6.45, 7) is 8.10. The van der Waals surface area contributed by atoms with Crippen molar-refractivity contribution in [1.29, 1.82) is 0 Å². The third kappa shape index (κ3) is 3.25. The molecular formula is C15H23N3O. The van der Waals surface area contributed by atoms with Crippen LogP contribution in [0.25, 0.3) is 0 Å². The lowest BCUT2D eigenvalue weighted by atomic mass is 9.93. The van der Waals surface area contributed by atoms with E-state index in [1.165, 1.54) is 0 Å². The first-order chi connectivity index (χ1) is 9.11. The summed E-state index contributed by atoms with van der Waals surface area (Å²) in [4.78, 5) is 18.7. The molecule has 1 fully saturated rings. The summed E-state index contributed by atoms with van der Waals surface area (Å²) in [5, 5.41) is 3.21. The van der Waals surface area contributed by atoms with Crippen LogP contribution in [0.1, 0.15) is 44.1 Å². The number of anilines is 1. The smallest absolute Gasteiger partial charge is 0.272 e. The first-order valence-electron chi connectivity index (χ1n) is 7.12. The molecule has 0 spiro atoms. The Morgan fingerprint density at radius 1 is 1.53 bits per heavy atom. The molecule has 0 aromatic carbocycles. The molecule has 0 bridgehead atoms. The van der Waals surface area contributed by atoms with Gasteiger partial charge in [0, 0.05) is 31.0 Å². The molecule has 1 aromatic rings. The number of nitrogens with one attached hydrogen (secondary N) is 1. The maximum atomic E-state index is 12.5. The van der Waals surface area contributed by atoms with Crippen molar-refractivity contribution in [3.63, 3.8) is 0 Å². The van der Waals surface area contributed by atoms with Crippen LogP contribution in [0.4, 0.5) is 5.69 Å². The number of hydrogen-bond donors (Lipinski definition) is 1. The predicted octanol–water partition coefficient (Wildman–Crippen LogP) is 2.77. The molecule has 4 nitrogen and oxygen atoms in total. The minimum Gasteiger partial charge on any atom is -0.385 e. The van der Waals surface area contributed by atoms with Gasteiger partial charge in [0.1, 0.15) is 5.69 Å². The van der Waals surface area contributed by atoms with Crippen LogP contribution in [-0.4, -0.2) is 34.9 Å². The summed E-state index contributed by atoms with van der Waals surface area (Å²) in [5.74, 6) is 0.763. The molecule has 2 unspecified atom stereocenters. The highest BCUT2D eigenvalue weighted by molar-refractivity contribution is 5.93. The zero-order valence-electron chi connectivity index (χ0n) is 12.0. The van der Waals surface area contributed by atoms with E-state index in [1.807, 2.05) is 24.0 Å². The third-order valence-electron chi connectivity index (χ3n) is 3.76. The Morgan fingerprint density at radius 2 is 2.32 bits per heavy atom. The number of piperidine rings is 1. The van der Waals surface area contributed by atoms with E-state index < -0.39 is 0 Å². The van der Waals surface area contributed by atoms with Gasteiger partial charge in [-0.2, -0.15) is 0 Å². The number of pyridine rings is 1. The fraction of sp³-hybridized carbons (Fsp3) is 0.600. The van der Waals surface area contributed by atoms with Crippen molar-refractivity contribution in [2.45, 2.75) is 39.7 Å². The van der Waals surface area contributed by atoms with Crippen LogP contribution in [0.15, 0.2) is 18.3 Å². The van der Waals surface area contributed by atoms with Gasteiger partial charge in [-0.25, -0.2) is 0 Å². The molecule has 1 aliphatic heterocycles. The van der Waals surface area contributed by atoms with E-state index >= 15 is 0 Å². The summed E-state index contributed by atoms with van der Waals surface area (Å²) >= 11 is 0. The van der Waals surface area contributed by atoms with Gasteiger partial charge in [0.15, 0.2) is 0 Å². The quantitative estimate of drug-likeness (QED) is 0.910. The van der Waals surface area contributed by atoms with Crippen molar-refractivity contribution in [3.05, 3.63) is 24.0 Å². The van der Waals surface area contributed by atoms with Crippen LogP contribution in [-0.2, 0) is 0 Å². The van der Waals surface area contributed by atoms with Gasteiger partial charge in [-0.15, -0.1) is 0 Å². The lowest BCUT2D eigenvalue weighted by Gasteiger charge is -2.36. The zero-order chi connectivity index (χ0) is 13.8. The average Bonchev–Trinajstić information content (AvgIpc) is 2.39. The maximum absolute atomic E-state index is 12.5. The highest BCUT2D eigenvalue weighted by atomic mass is 16.2. The van der Waals surface area contributed by atoms with E-state index in [4.69, 9.17) is 0 Å². The Balaban J connectivity index is 2.12. The molecule has 1 saturated heterocycles. The molecule has 2 rings (SSSR count). The highest BCUT2D eigenvalue weighted by Crippen LogP contribution is 2.23. The molecule has 4 heteroatoms. The van der Waals surface area contributed by atoms with E-state index in [0.717, 1.165) is 31.6 Å². The fourth-order valence-electron chi connectivity index (χ4n) is 2.72. The van der Waals surface area contributed by atoms with Gasteiger partial charge in [-0.1, -0.05) is 6.92 Å². The Hall–Kier alpha value is -1.58. The number of likely N-dealkylation sites (tertiary alicyclic amines) is 1. The van der Waals surface area contributed by atoms with Crippen LogP contribution < -0.4 is 5.32 Å². The predicted molar refractivity (Wildman–Crippen MR) is 77.3 cm³/mol. The first-order valence-corrected chi connectivity index (χ1v) is 7.12. The molecule has 0 radical (unpaired) electrons. The zero-order valence-corrected chi connectivity index (χ0v) is 12.0. The Labute approximate surface area is 115 Å². The standard InChI is InChI=1S/C15H23N3O/c1-4-16-13-5-7-17-14(10-13)15(19)18-8-6-11(2)9-12(18)3/h5,7,10-12H,4,6,8-9H2,1-3H3,(H,16,17). The fourth-order valence-corrected chi connectivity index (χ4v) is 2.72. The highest BCUT2D eigenvalue weighted by Gasteiger charge is 2.28. The minimum atomic E-state index is 0.0548. The van der Waals surface area contributed by atoms with Gasteiger partial charge < -0.3 is 10.2 Å². The van der Waals surface area contributed by atoms with Gasteiger partial charge in [-0.3, -0.25) is 9.78 Å². The Bertz CT molecular complexity index is 447. The van der Waals surface area contributed by atoms with Crippen molar-refractivity contribution in [2.24, 2.45) is 5.92 Å². The van der Waals surface area contributed by atoms with Crippen molar-refractivity contribution >= 4 is 11.6 Å². The molecule has 104 valence electrons. The topological polar surface area (TPSA) is 45.2 Å². The van der Waals surface area contributed by atoms with E-state index in [2.05, 4.69) is 24.1 Å². The van der Waals surface area contributed by atoms with Crippen LogP contribution in [0.3, 0.4) is 0 Å². The van der Waals surface area contributed by atoms with E-state index in [1.54, 1.807) is 6.20 Å². The molecule has 1 aromatic heterocycles. The molecular weight excluding hydrogens is 238 g/mol. The summed E-state index contributed by atoms with van der Waals surface area (Å²) in [6.07, 6.45) is 3.87. The summed E-state index contributed by atoms with van der Waals surface area (Å²) in [6, 6.07) is 4.04. The van der Waals surface area contributed by atoms with Crippen LogP contribution in [0, 0.1) is 5.92 Å². The second-order valence-corrected chi connectivity index (χ2v) is 5.44. The monoisotopic (exact) mass is 261 g/mol. The number of nitrogens with zero attached hydrogens (tertiary/aromatic N) is 2. The number of rotatable bonds is 3. The molecule has 2 atom stereocenters. The van der Waals surface area contributed by atoms with Crippen LogP contribution in [0.2, 0.25) is 0 Å². The SMILES string of the molecule is CCNc1ccnc(C(=O)N2CCC(C)CC2C)c1. The van der Waals surface area contributed by atoms with Gasteiger partial charge in [0.05, 0.1) is 0 Å². The number of amides is 1. The lowest BCUT2D eigenvalue weighted by molar-refractivity contribution is 0.0582. The molecule has 0 saturated carbocycles.